The SMILES string of the molecule is O=C1C[C@H](NNc2nc3ccccc3s2)C(=O)N1c1ccc(F)c(F)c1. The fourth-order valence-corrected chi connectivity index (χ4v) is 3.54. The second-order valence-corrected chi connectivity index (χ2v) is 6.71. The molecule has 0 radical (unpaired) electrons. The first-order valence-electron chi connectivity index (χ1n) is 7.72. The smallest absolute Gasteiger partial charge is 0.253 e. The van der Waals surface area contributed by atoms with Gasteiger partial charge in [0.15, 0.2) is 16.8 Å². The normalized spacial score (nSPS) is 17.3. The molecule has 3 aromatic rings. The van der Waals surface area contributed by atoms with Crippen molar-refractivity contribution in [2.45, 2.75) is 12.5 Å². The van der Waals surface area contributed by atoms with Crippen molar-refractivity contribution in [3.8, 4) is 0 Å². The molecule has 0 saturated carbocycles. The van der Waals surface area contributed by atoms with E-state index in [1.807, 2.05) is 24.3 Å². The zero-order valence-corrected chi connectivity index (χ0v) is 14.0. The Balaban J connectivity index is 1.49. The number of hydrogen-bond acceptors (Lipinski definition) is 6. The summed E-state index contributed by atoms with van der Waals surface area (Å²) in [7, 11) is 0. The van der Waals surface area contributed by atoms with Crippen LogP contribution in [0.15, 0.2) is 42.5 Å². The highest BCUT2D eigenvalue weighted by atomic mass is 32.1. The summed E-state index contributed by atoms with van der Waals surface area (Å²) in [6.45, 7) is 0. The van der Waals surface area contributed by atoms with Gasteiger partial charge in [0.25, 0.3) is 5.91 Å². The zero-order chi connectivity index (χ0) is 18.3. The molecule has 132 valence electrons. The molecule has 1 fully saturated rings. The number of hydrazine groups is 1. The molecule has 1 aliphatic heterocycles. The van der Waals surface area contributed by atoms with Crippen LogP contribution in [0.1, 0.15) is 6.42 Å². The minimum atomic E-state index is -1.12. The number of aromatic nitrogens is 1. The van der Waals surface area contributed by atoms with Gasteiger partial charge in [-0.2, -0.15) is 0 Å². The van der Waals surface area contributed by atoms with Crippen LogP contribution in [0.3, 0.4) is 0 Å². The number of fused-ring (bicyclic) bond motifs is 1. The number of nitrogens with zero attached hydrogens (tertiary/aromatic N) is 2. The summed E-state index contributed by atoms with van der Waals surface area (Å²) < 4.78 is 27.4. The van der Waals surface area contributed by atoms with Gasteiger partial charge in [-0.1, -0.05) is 23.5 Å². The van der Waals surface area contributed by atoms with Crippen molar-refractivity contribution in [3.05, 3.63) is 54.1 Å². The monoisotopic (exact) mass is 374 g/mol. The first-order chi connectivity index (χ1) is 12.5. The third kappa shape index (κ3) is 2.91. The third-order valence-corrected chi connectivity index (χ3v) is 4.91. The lowest BCUT2D eigenvalue weighted by molar-refractivity contribution is -0.121. The highest BCUT2D eigenvalue weighted by molar-refractivity contribution is 7.22. The molecule has 0 aliphatic carbocycles. The molecule has 2 amide bonds. The predicted molar refractivity (Wildman–Crippen MR) is 93.6 cm³/mol. The zero-order valence-electron chi connectivity index (χ0n) is 13.2. The molecule has 2 aromatic carbocycles. The molecule has 0 unspecified atom stereocenters. The van der Waals surface area contributed by atoms with E-state index in [9.17, 15) is 18.4 Å². The van der Waals surface area contributed by atoms with Gasteiger partial charge in [0.05, 0.1) is 22.3 Å². The number of benzene rings is 2. The summed E-state index contributed by atoms with van der Waals surface area (Å²) in [5, 5.41) is 0.553. The third-order valence-electron chi connectivity index (χ3n) is 3.96. The number of carbonyl (C=O) groups is 2. The summed E-state index contributed by atoms with van der Waals surface area (Å²) in [6.07, 6.45) is -0.101. The van der Waals surface area contributed by atoms with Gasteiger partial charge in [0.2, 0.25) is 5.91 Å². The quantitative estimate of drug-likeness (QED) is 0.543. The minimum absolute atomic E-state index is 0.00295. The number of amides is 2. The number of anilines is 2. The Bertz CT molecular complexity index is 990. The lowest BCUT2D eigenvalue weighted by Crippen LogP contribution is -2.41. The summed E-state index contributed by atoms with van der Waals surface area (Å²) in [4.78, 5) is 29.8. The van der Waals surface area contributed by atoms with E-state index in [1.165, 1.54) is 17.4 Å². The summed E-state index contributed by atoms with van der Waals surface area (Å²) in [6, 6.07) is 9.63. The summed E-state index contributed by atoms with van der Waals surface area (Å²) >= 11 is 1.40. The Morgan fingerprint density at radius 1 is 1.12 bits per heavy atom. The van der Waals surface area contributed by atoms with Gasteiger partial charge >= 0.3 is 0 Å². The molecular formula is C17H12F2N4O2S. The first-order valence-corrected chi connectivity index (χ1v) is 8.53. The van der Waals surface area contributed by atoms with Gasteiger partial charge in [-0.25, -0.2) is 24.1 Å². The topological polar surface area (TPSA) is 74.3 Å². The number of carbonyl (C=O) groups excluding carboxylic acids is 2. The van der Waals surface area contributed by atoms with Crippen molar-refractivity contribution < 1.29 is 18.4 Å². The highest BCUT2D eigenvalue weighted by Crippen LogP contribution is 2.27. The average molecular weight is 374 g/mol. The van der Waals surface area contributed by atoms with E-state index in [2.05, 4.69) is 15.8 Å². The van der Waals surface area contributed by atoms with Gasteiger partial charge in [0.1, 0.15) is 6.04 Å². The van der Waals surface area contributed by atoms with Crippen LogP contribution in [0.2, 0.25) is 0 Å². The van der Waals surface area contributed by atoms with Crippen LogP contribution < -0.4 is 15.8 Å². The van der Waals surface area contributed by atoms with E-state index in [1.54, 1.807) is 0 Å². The Kier molecular flexibility index (Phi) is 4.09. The van der Waals surface area contributed by atoms with Crippen molar-refractivity contribution in [3.63, 3.8) is 0 Å². The first kappa shape index (κ1) is 16.6. The Hall–Kier alpha value is -2.91. The number of thiazole rings is 1. The summed E-state index contributed by atoms with van der Waals surface area (Å²) in [5.41, 5.74) is 6.45. The maximum absolute atomic E-state index is 13.4. The van der Waals surface area contributed by atoms with Gasteiger partial charge in [0, 0.05) is 6.07 Å². The van der Waals surface area contributed by atoms with Crippen molar-refractivity contribution in [2.75, 3.05) is 10.3 Å². The molecule has 1 aliphatic rings. The Labute approximate surface area is 150 Å². The van der Waals surface area contributed by atoms with Crippen LogP contribution in [-0.4, -0.2) is 22.8 Å². The van der Waals surface area contributed by atoms with E-state index in [0.29, 0.717) is 5.13 Å². The number of halogens is 2. The van der Waals surface area contributed by atoms with Crippen molar-refractivity contribution in [1.82, 2.24) is 10.4 Å². The van der Waals surface area contributed by atoms with E-state index < -0.39 is 29.5 Å². The maximum atomic E-state index is 13.4. The molecular weight excluding hydrogens is 362 g/mol. The number of hydrogen-bond donors (Lipinski definition) is 2. The number of para-hydroxylation sites is 1. The molecule has 0 spiro atoms. The maximum Gasteiger partial charge on any atom is 0.253 e. The minimum Gasteiger partial charge on any atom is -0.296 e. The van der Waals surface area contributed by atoms with E-state index in [-0.39, 0.29) is 12.1 Å². The van der Waals surface area contributed by atoms with Crippen molar-refractivity contribution in [1.29, 1.82) is 0 Å². The lowest BCUT2D eigenvalue weighted by atomic mass is 10.2. The molecule has 0 bridgehead atoms. The van der Waals surface area contributed by atoms with Gasteiger partial charge in [-0.05, 0) is 24.3 Å². The van der Waals surface area contributed by atoms with Crippen LogP contribution in [-0.2, 0) is 9.59 Å². The van der Waals surface area contributed by atoms with Gasteiger partial charge in [-0.3, -0.25) is 15.0 Å². The number of nitrogens with one attached hydrogen (secondary N) is 2. The molecule has 2 heterocycles. The Morgan fingerprint density at radius 2 is 1.92 bits per heavy atom. The van der Waals surface area contributed by atoms with E-state index >= 15 is 0 Å². The molecule has 26 heavy (non-hydrogen) atoms. The standard InChI is InChI=1S/C17H12F2N4O2S/c18-10-6-5-9(7-11(10)19)23-15(24)8-13(16(23)25)21-22-17-20-12-3-1-2-4-14(12)26-17/h1-7,13,21H,8H2,(H,20,22)/t13-/m0/s1. The van der Waals surface area contributed by atoms with E-state index in [4.69, 9.17) is 0 Å². The Morgan fingerprint density at radius 3 is 2.69 bits per heavy atom. The molecule has 1 saturated heterocycles. The van der Waals surface area contributed by atoms with Crippen molar-refractivity contribution in [2.24, 2.45) is 0 Å². The molecule has 4 rings (SSSR count). The average Bonchev–Trinajstić information content (AvgIpc) is 3.16. The van der Waals surface area contributed by atoms with Crippen LogP contribution in [0.5, 0.6) is 0 Å². The van der Waals surface area contributed by atoms with Crippen LogP contribution in [0.25, 0.3) is 10.2 Å². The molecule has 2 N–H and O–H groups in total. The molecule has 1 atom stereocenters. The van der Waals surface area contributed by atoms with E-state index in [0.717, 1.165) is 27.2 Å². The second-order valence-electron chi connectivity index (χ2n) is 5.68. The predicted octanol–water partition coefficient (Wildman–Crippen LogP) is 2.82. The van der Waals surface area contributed by atoms with Gasteiger partial charge < -0.3 is 0 Å². The fourth-order valence-electron chi connectivity index (χ4n) is 2.71. The number of imide groups is 1. The largest absolute Gasteiger partial charge is 0.296 e. The lowest BCUT2D eigenvalue weighted by Gasteiger charge is -2.15. The number of rotatable bonds is 4. The van der Waals surface area contributed by atoms with Crippen LogP contribution in [0, 0.1) is 11.6 Å². The summed E-state index contributed by atoms with van der Waals surface area (Å²) in [5.74, 6) is -3.20. The molecule has 9 heteroatoms. The van der Waals surface area contributed by atoms with Crippen molar-refractivity contribution >= 4 is 44.2 Å². The van der Waals surface area contributed by atoms with Crippen LogP contribution >= 0.6 is 11.3 Å². The fraction of sp³-hybridized carbons (Fsp3) is 0.118. The highest BCUT2D eigenvalue weighted by Gasteiger charge is 2.39. The van der Waals surface area contributed by atoms with Crippen LogP contribution in [0.4, 0.5) is 19.6 Å². The molecule has 6 nitrogen and oxygen atoms in total. The second kappa shape index (κ2) is 6.43. The molecule has 1 aromatic heterocycles. The van der Waals surface area contributed by atoms with Gasteiger partial charge in [-0.15, -0.1) is 0 Å².